The summed E-state index contributed by atoms with van der Waals surface area (Å²) in [6, 6.07) is 12.7. The zero-order chi connectivity index (χ0) is 17.8. The number of fused-ring (bicyclic) bond motifs is 1. The molecule has 0 saturated heterocycles. The molecule has 3 rings (SSSR count). The van der Waals surface area contributed by atoms with Crippen molar-refractivity contribution in [1.82, 2.24) is 9.88 Å². The van der Waals surface area contributed by atoms with E-state index in [4.69, 9.17) is 4.74 Å². The molecule has 2 aromatic carbocycles. The largest absolute Gasteiger partial charge is 0.452 e. The lowest BCUT2D eigenvalue weighted by Gasteiger charge is -2.15. The van der Waals surface area contributed by atoms with E-state index >= 15 is 0 Å². The van der Waals surface area contributed by atoms with Gasteiger partial charge in [0, 0.05) is 7.05 Å². The van der Waals surface area contributed by atoms with Gasteiger partial charge < -0.3 is 9.64 Å². The number of thiazole rings is 1. The lowest BCUT2D eigenvalue weighted by atomic mass is 10.2. The van der Waals surface area contributed by atoms with Crippen molar-refractivity contribution >= 4 is 33.4 Å². The summed E-state index contributed by atoms with van der Waals surface area (Å²) in [7, 11) is 1.63. The number of likely N-dealkylation sites (N-methyl/N-ethyl adjacent to an activating group) is 1. The first-order valence-corrected chi connectivity index (χ1v) is 8.35. The molecule has 7 heteroatoms. The summed E-state index contributed by atoms with van der Waals surface area (Å²) in [5.74, 6) is -1.44. The van der Waals surface area contributed by atoms with Gasteiger partial charge in [0.1, 0.15) is 10.8 Å². The van der Waals surface area contributed by atoms with Crippen molar-refractivity contribution in [3.8, 4) is 0 Å². The van der Waals surface area contributed by atoms with Crippen molar-refractivity contribution in [2.45, 2.75) is 6.54 Å². The number of carbonyl (C=O) groups excluding carboxylic acids is 2. The number of hydrogen-bond donors (Lipinski definition) is 0. The van der Waals surface area contributed by atoms with Crippen molar-refractivity contribution < 1.29 is 18.7 Å². The van der Waals surface area contributed by atoms with Gasteiger partial charge in [-0.25, -0.2) is 14.2 Å². The molecule has 0 N–H and O–H groups in total. The highest BCUT2D eigenvalue weighted by atomic mass is 32.1. The number of nitrogens with zero attached hydrogens (tertiary/aromatic N) is 2. The molecule has 3 aromatic rings. The SMILES string of the molecule is CN(Cc1nc2ccccc2s1)C(=O)COC(=O)c1ccc(F)cc1. The van der Waals surface area contributed by atoms with E-state index in [0.717, 1.165) is 27.4 Å². The molecule has 1 amide bonds. The molecule has 0 radical (unpaired) electrons. The summed E-state index contributed by atoms with van der Waals surface area (Å²) >= 11 is 1.52. The Morgan fingerprint density at radius 2 is 1.88 bits per heavy atom. The predicted octanol–water partition coefficient (Wildman–Crippen LogP) is 3.25. The number of rotatable bonds is 5. The third-order valence-corrected chi connectivity index (χ3v) is 4.56. The number of esters is 1. The number of hydrogen-bond acceptors (Lipinski definition) is 5. The fraction of sp³-hybridized carbons (Fsp3) is 0.167. The minimum atomic E-state index is -0.665. The fourth-order valence-corrected chi connectivity index (χ4v) is 3.21. The normalized spacial score (nSPS) is 10.6. The molecule has 1 aromatic heterocycles. The molecule has 25 heavy (non-hydrogen) atoms. The molecule has 0 saturated carbocycles. The Morgan fingerprint density at radius 3 is 2.60 bits per heavy atom. The summed E-state index contributed by atoms with van der Waals surface area (Å²) in [5, 5.41) is 0.807. The first-order chi connectivity index (χ1) is 12.0. The Kier molecular flexibility index (Phi) is 5.04. The zero-order valence-electron chi connectivity index (χ0n) is 13.4. The van der Waals surface area contributed by atoms with Crippen molar-refractivity contribution in [3.63, 3.8) is 0 Å². The van der Waals surface area contributed by atoms with Crippen LogP contribution in [0.1, 0.15) is 15.4 Å². The molecule has 0 unspecified atom stereocenters. The van der Waals surface area contributed by atoms with E-state index in [1.165, 1.54) is 28.4 Å². The molecule has 0 spiro atoms. The molecule has 0 atom stereocenters. The Morgan fingerprint density at radius 1 is 1.16 bits per heavy atom. The van der Waals surface area contributed by atoms with E-state index in [1.807, 2.05) is 24.3 Å². The summed E-state index contributed by atoms with van der Waals surface area (Å²) in [6.45, 7) is -0.0378. The Hall–Kier alpha value is -2.80. The average molecular weight is 358 g/mol. The Balaban J connectivity index is 1.55. The second kappa shape index (κ2) is 7.40. The molecular weight excluding hydrogens is 343 g/mol. The summed E-state index contributed by atoms with van der Waals surface area (Å²) in [5.41, 5.74) is 1.09. The Labute approximate surface area is 147 Å². The highest BCUT2D eigenvalue weighted by Crippen LogP contribution is 2.22. The molecule has 1 heterocycles. The van der Waals surface area contributed by atoms with E-state index in [2.05, 4.69) is 4.98 Å². The monoisotopic (exact) mass is 358 g/mol. The number of aromatic nitrogens is 1. The van der Waals surface area contributed by atoms with Gasteiger partial charge in [-0.15, -0.1) is 11.3 Å². The minimum absolute atomic E-state index is 0.197. The second-order valence-corrected chi connectivity index (χ2v) is 6.52. The highest BCUT2D eigenvalue weighted by Gasteiger charge is 2.15. The third kappa shape index (κ3) is 4.19. The van der Waals surface area contributed by atoms with Gasteiger partial charge in [0.25, 0.3) is 5.91 Å². The maximum atomic E-state index is 12.8. The number of carbonyl (C=O) groups is 2. The predicted molar refractivity (Wildman–Crippen MR) is 92.8 cm³/mol. The van der Waals surface area contributed by atoms with Crippen LogP contribution in [0, 0.1) is 5.82 Å². The lowest BCUT2D eigenvalue weighted by molar-refractivity contribution is -0.133. The van der Waals surface area contributed by atoms with Crippen molar-refractivity contribution in [3.05, 3.63) is 64.9 Å². The van der Waals surface area contributed by atoms with Gasteiger partial charge in [0.2, 0.25) is 0 Å². The first kappa shape index (κ1) is 17.0. The van der Waals surface area contributed by atoms with Crippen molar-refractivity contribution in [1.29, 1.82) is 0 Å². The number of amides is 1. The molecule has 0 fully saturated rings. The number of halogens is 1. The van der Waals surface area contributed by atoms with Crippen LogP contribution < -0.4 is 0 Å². The highest BCUT2D eigenvalue weighted by molar-refractivity contribution is 7.18. The topological polar surface area (TPSA) is 59.5 Å². The first-order valence-electron chi connectivity index (χ1n) is 7.54. The van der Waals surface area contributed by atoms with Gasteiger partial charge in [-0.05, 0) is 36.4 Å². The lowest BCUT2D eigenvalue weighted by Crippen LogP contribution is -2.30. The number of benzene rings is 2. The van der Waals surface area contributed by atoms with Gasteiger partial charge >= 0.3 is 5.97 Å². The van der Waals surface area contributed by atoms with Gasteiger partial charge in [0.05, 0.1) is 22.3 Å². The zero-order valence-corrected chi connectivity index (χ0v) is 14.3. The van der Waals surface area contributed by atoms with Gasteiger partial charge in [0.15, 0.2) is 6.61 Å². The maximum Gasteiger partial charge on any atom is 0.338 e. The smallest absolute Gasteiger partial charge is 0.338 e. The second-order valence-electron chi connectivity index (χ2n) is 5.41. The summed E-state index contributed by atoms with van der Waals surface area (Å²) < 4.78 is 18.9. The van der Waals surface area contributed by atoms with Crippen LogP contribution in [0.25, 0.3) is 10.2 Å². The fourth-order valence-electron chi connectivity index (χ4n) is 2.19. The quantitative estimate of drug-likeness (QED) is 0.657. The van der Waals surface area contributed by atoms with Crippen LogP contribution in [-0.2, 0) is 16.1 Å². The average Bonchev–Trinajstić information content (AvgIpc) is 3.02. The van der Waals surface area contributed by atoms with Gasteiger partial charge in [-0.2, -0.15) is 0 Å². The van der Waals surface area contributed by atoms with Crippen LogP contribution in [0.2, 0.25) is 0 Å². The van der Waals surface area contributed by atoms with Gasteiger partial charge in [-0.3, -0.25) is 4.79 Å². The van der Waals surface area contributed by atoms with E-state index < -0.39 is 11.8 Å². The van der Waals surface area contributed by atoms with Crippen LogP contribution in [0.15, 0.2) is 48.5 Å². The van der Waals surface area contributed by atoms with E-state index in [9.17, 15) is 14.0 Å². The minimum Gasteiger partial charge on any atom is -0.452 e. The van der Waals surface area contributed by atoms with Crippen LogP contribution >= 0.6 is 11.3 Å². The summed E-state index contributed by atoms with van der Waals surface area (Å²) in [6.07, 6.45) is 0. The molecule has 0 aliphatic rings. The van der Waals surface area contributed by atoms with Crippen molar-refractivity contribution in [2.24, 2.45) is 0 Å². The molecular formula is C18H15FN2O3S. The number of ether oxygens (including phenoxy) is 1. The van der Waals surface area contributed by atoms with Crippen LogP contribution in [0.5, 0.6) is 0 Å². The molecule has 0 bridgehead atoms. The van der Waals surface area contributed by atoms with Gasteiger partial charge in [-0.1, -0.05) is 12.1 Å². The van der Waals surface area contributed by atoms with Crippen LogP contribution in [-0.4, -0.2) is 35.4 Å². The van der Waals surface area contributed by atoms with E-state index in [-0.39, 0.29) is 18.1 Å². The van der Waals surface area contributed by atoms with Crippen molar-refractivity contribution in [2.75, 3.05) is 13.7 Å². The van der Waals surface area contributed by atoms with E-state index in [1.54, 1.807) is 7.05 Å². The molecule has 0 aliphatic carbocycles. The molecule has 0 aliphatic heterocycles. The summed E-state index contributed by atoms with van der Waals surface area (Å²) in [4.78, 5) is 29.9. The Bertz CT molecular complexity index is 875. The molecule has 5 nitrogen and oxygen atoms in total. The standard InChI is InChI=1S/C18H15FN2O3S/c1-21(10-16-20-14-4-2-3-5-15(14)25-16)17(22)11-24-18(23)12-6-8-13(19)9-7-12/h2-9H,10-11H2,1H3. The van der Waals surface area contributed by atoms with Crippen LogP contribution in [0.3, 0.4) is 0 Å². The maximum absolute atomic E-state index is 12.8. The molecule has 128 valence electrons. The third-order valence-electron chi connectivity index (χ3n) is 3.54. The van der Waals surface area contributed by atoms with Crippen LogP contribution in [0.4, 0.5) is 4.39 Å². The number of para-hydroxylation sites is 1. The van der Waals surface area contributed by atoms with E-state index in [0.29, 0.717) is 6.54 Å².